The zero-order valence-electron chi connectivity index (χ0n) is 17.4. The molecule has 27 heavy (non-hydrogen) atoms. The van der Waals surface area contributed by atoms with Crippen LogP contribution in [-0.2, 0) is 11.2 Å². The third-order valence-corrected chi connectivity index (χ3v) is 5.34. The van der Waals surface area contributed by atoms with E-state index < -0.39 is 0 Å². The summed E-state index contributed by atoms with van der Waals surface area (Å²) in [7, 11) is 0. The van der Waals surface area contributed by atoms with Crippen LogP contribution in [0, 0.1) is 0 Å². The van der Waals surface area contributed by atoms with Gasteiger partial charge in [0.15, 0.2) is 0 Å². The van der Waals surface area contributed by atoms with Gasteiger partial charge in [0.05, 0.1) is 0 Å². The molecule has 0 radical (unpaired) electrons. The lowest BCUT2D eigenvalue weighted by molar-refractivity contribution is -0.384. The number of nitrogens with zero attached hydrogens (tertiary/aromatic N) is 1. The second-order valence-electron chi connectivity index (χ2n) is 7.89. The first-order chi connectivity index (χ1) is 13.2. The molecule has 1 aromatic carbocycles. The number of aliphatic hydroxyl groups is 1. The lowest BCUT2D eigenvalue weighted by Crippen LogP contribution is -2.68. The zero-order chi connectivity index (χ0) is 19.3. The molecule has 1 heterocycles. The molecule has 1 fully saturated rings. The number of rotatable bonds is 11. The van der Waals surface area contributed by atoms with Gasteiger partial charge in [0.2, 0.25) is 5.69 Å². The van der Waals surface area contributed by atoms with Crippen molar-refractivity contribution in [3.8, 4) is 0 Å². The number of unbranched alkanes of at least 4 members (excludes halogenated alkanes) is 5. The molecule has 2 rings (SSSR count). The average molecular weight is 376 g/mol. The van der Waals surface area contributed by atoms with Crippen molar-refractivity contribution in [2.75, 3.05) is 19.6 Å². The van der Waals surface area contributed by atoms with E-state index in [0.717, 1.165) is 31.7 Å². The molecule has 4 nitrogen and oxygen atoms in total. The van der Waals surface area contributed by atoms with Crippen molar-refractivity contribution in [3.63, 3.8) is 0 Å². The van der Waals surface area contributed by atoms with E-state index in [1.54, 1.807) is 0 Å². The number of aryl methyl sites for hydroxylation is 1. The van der Waals surface area contributed by atoms with E-state index in [2.05, 4.69) is 28.9 Å². The minimum Gasteiger partial charge on any atom is -0.430 e. The first kappa shape index (κ1) is 21.7. The molecule has 0 aliphatic carbocycles. The van der Waals surface area contributed by atoms with E-state index in [1.165, 1.54) is 63.4 Å². The van der Waals surface area contributed by atoms with E-state index in [1.807, 2.05) is 19.1 Å². The minimum atomic E-state index is -0.0881. The molecular formula is C23H39N2O2+. The van der Waals surface area contributed by atoms with Crippen molar-refractivity contribution >= 4 is 11.8 Å². The van der Waals surface area contributed by atoms with Gasteiger partial charge in [-0.3, -0.25) is 4.90 Å². The second kappa shape index (κ2) is 12.8. The number of hydrogen-bond acceptors (Lipinski definition) is 2. The molecule has 1 aliphatic rings. The first-order valence-electron chi connectivity index (χ1n) is 11.0. The topological polar surface area (TPSA) is 46.7 Å². The number of para-hydroxylation sites is 1. The van der Waals surface area contributed by atoms with Gasteiger partial charge < -0.3 is 9.84 Å². The maximum absolute atomic E-state index is 10.3. The molecule has 0 spiro atoms. The predicted molar refractivity (Wildman–Crippen MR) is 113 cm³/mol. The fourth-order valence-electron chi connectivity index (χ4n) is 3.83. The molecule has 0 unspecified atom stereocenters. The van der Waals surface area contributed by atoms with Crippen molar-refractivity contribution in [3.05, 3.63) is 29.8 Å². The number of nitrogens with one attached hydrogen (secondary N) is 1. The Morgan fingerprint density at radius 1 is 1.07 bits per heavy atom. The van der Waals surface area contributed by atoms with Gasteiger partial charge in [-0.05, 0) is 45.7 Å². The van der Waals surface area contributed by atoms with Crippen molar-refractivity contribution in [2.45, 2.75) is 84.2 Å². The highest BCUT2D eigenvalue weighted by molar-refractivity contribution is 5.59. The number of hydrogen-bond donors (Lipinski definition) is 2. The molecule has 4 heteroatoms. The molecule has 1 aliphatic heterocycles. The predicted octanol–water partition coefficient (Wildman–Crippen LogP) is 4.11. The quantitative estimate of drug-likeness (QED) is 0.348. The molecular weight excluding hydrogens is 336 g/mol. The van der Waals surface area contributed by atoms with Crippen molar-refractivity contribution < 1.29 is 14.8 Å². The summed E-state index contributed by atoms with van der Waals surface area (Å²) in [6.07, 6.45) is 12.5. The second-order valence-corrected chi connectivity index (χ2v) is 7.89. The maximum Gasteiger partial charge on any atom is 0.551 e. The Morgan fingerprint density at radius 2 is 1.78 bits per heavy atom. The lowest BCUT2D eigenvalue weighted by Gasteiger charge is -2.28. The summed E-state index contributed by atoms with van der Waals surface area (Å²) in [5.41, 5.74) is 2.19. The van der Waals surface area contributed by atoms with Crippen LogP contribution in [0.4, 0.5) is 5.69 Å². The summed E-state index contributed by atoms with van der Waals surface area (Å²) in [6.45, 7) is 7.42. The largest absolute Gasteiger partial charge is 0.551 e. The molecule has 1 atom stereocenters. The minimum absolute atomic E-state index is 0.0265. The average Bonchev–Trinajstić information content (AvgIpc) is 2.66. The molecule has 2 N–H and O–H groups in total. The summed E-state index contributed by atoms with van der Waals surface area (Å²) in [4.78, 5) is 5.50. The summed E-state index contributed by atoms with van der Waals surface area (Å²) in [5.74, 6) is 0. The van der Waals surface area contributed by atoms with Crippen LogP contribution in [0.25, 0.3) is 0 Å². The Labute approximate surface area is 165 Å². The number of ether oxygens (including phenoxy) is 1. The fourth-order valence-corrected chi connectivity index (χ4v) is 3.83. The van der Waals surface area contributed by atoms with Gasteiger partial charge in [0, 0.05) is 18.2 Å². The van der Waals surface area contributed by atoms with Crippen LogP contribution in [0.2, 0.25) is 0 Å². The van der Waals surface area contributed by atoms with Gasteiger partial charge in [-0.1, -0.05) is 63.6 Å². The highest BCUT2D eigenvalue weighted by Gasteiger charge is 2.18. The van der Waals surface area contributed by atoms with Gasteiger partial charge in [-0.15, -0.1) is 4.99 Å². The van der Waals surface area contributed by atoms with Crippen LogP contribution >= 0.6 is 0 Å². The Hall–Kier alpha value is -1.55. The Morgan fingerprint density at radius 3 is 2.56 bits per heavy atom. The molecule has 0 aromatic heterocycles. The summed E-state index contributed by atoms with van der Waals surface area (Å²) < 4.78 is 5.70. The van der Waals surface area contributed by atoms with Crippen LogP contribution < -0.4 is 4.99 Å². The van der Waals surface area contributed by atoms with Crippen molar-refractivity contribution in [2.24, 2.45) is 0 Å². The van der Waals surface area contributed by atoms with Crippen LogP contribution in [0.15, 0.2) is 24.3 Å². The molecule has 152 valence electrons. The summed E-state index contributed by atoms with van der Waals surface area (Å²) in [5, 5.41) is 10.3. The fraction of sp³-hybridized carbons (Fsp3) is 0.696. The van der Waals surface area contributed by atoms with Gasteiger partial charge in [0.1, 0.15) is 6.10 Å². The highest BCUT2D eigenvalue weighted by atomic mass is 16.6. The van der Waals surface area contributed by atoms with E-state index >= 15 is 0 Å². The molecule has 1 saturated heterocycles. The van der Waals surface area contributed by atoms with Gasteiger partial charge in [-0.2, -0.15) is 0 Å². The van der Waals surface area contributed by atoms with E-state index in [4.69, 9.17) is 4.74 Å². The van der Waals surface area contributed by atoms with Gasteiger partial charge >= 0.3 is 6.08 Å². The SMILES string of the molecule is CCCCCCCCc1ccccc1[NH+]=C(O)O[C@@H](C)CN1CCCCC1. The molecule has 0 saturated carbocycles. The third-order valence-electron chi connectivity index (χ3n) is 5.34. The van der Waals surface area contributed by atoms with Crippen molar-refractivity contribution in [1.82, 2.24) is 4.90 Å². The number of aliphatic hydroxyl groups excluding tert-OH is 1. The van der Waals surface area contributed by atoms with Crippen LogP contribution in [0.5, 0.6) is 0 Å². The third kappa shape index (κ3) is 8.79. The van der Waals surface area contributed by atoms with Crippen LogP contribution in [-0.4, -0.2) is 41.8 Å². The zero-order valence-corrected chi connectivity index (χ0v) is 17.4. The summed E-state index contributed by atoms with van der Waals surface area (Å²) >= 11 is 0. The van der Waals surface area contributed by atoms with E-state index in [0.29, 0.717) is 0 Å². The lowest BCUT2D eigenvalue weighted by atomic mass is 10.0. The smallest absolute Gasteiger partial charge is 0.430 e. The maximum atomic E-state index is 10.3. The molecule has 0 bridgehead atoms. The van der Waals surface area contributed by atoms with Crippen LogP contribution in [0.1, 0.15) is 77.2 Å². The van der Waals surface area contributed by atoms with Crippen LogP contribution in [0.3, 0.4) is 0 Å². The van der Waals surface area contributed by atoms with E-state index in [9.17, 15) is 5.11 Å². The summed E-state index contributed by atoms with van der Waals surface area (Å²) in [6, 6.07) is 8.21. The number of piperidine rings is 1. The molecule has 0 amide bonds. The highest BCUT2D eigenvalue weighted by Crippen LogP contribution is 2.14. The van der Waals surface area contributed by atoms with E-state index in [-0.39, 0.29) is 12.2 Å². The van der Waals surface area contributed by atoms with Gasteiger partial charge in [0.25, 0.3) is 0 Å². The molecule has 1 aromatic rings. The van der Waals surface area contributed by atoms with Crippen molar-refractivity contribution in [1.29, 1.82) is 0 Å². The Balaban J connectivity index is 1.81. The normalized spacial score (nSPS) is 17.0. The first-order valence-corrected chi connectivity index (χ1v) is 11.0. The Bertz CT molecular complexity index is 553. The number of benzene rings is 1. The monoisotopic (exact) mass is 375 g/mol. The standard InChI is InChI=1S/C23H38N2O2/c1-3-4-5-6-7-9-14-21-15-10-11-16-22(21)24-23(26)27-20(2)19-25-17-12-8-13-18-25/h10-11,15-16,20H,3-9,12-14,17-19H2,1-2H3,(H,24,26)/p+1/t20-/m0/s1. The number of likely N-dealkylation sites (tertiary alicyclic amines) is 1. The van der Waals surface area contributed by atoms with Gasteiger partial charge in [-0.25, -0.2) is 0 Å². The Kier molecular flexibility index (Phi) is 10.3.